The molecule has 19 heavy (non-hydrogen) atoms. The molecule has 1 amide bonds. The van der Waals surface area contributed by atoms with Crippen LogP contribution in [0.4, 0.5) is 0 Å². The number of amides is 1. The molecule has 2 fully saturated rings. The number of hydrogen-bond donors (Lipinski definition) is 1. The Balaban J connectivity index is 2.13. The fourth-order valence-electron chi connectivity index (χ4n) is 3.66. The van der Waals surface area contributed by atoms with Crippen LogP contribution in [0.5, 0.6) is 0 Å². The Hall–Kier alpha value is -0.610. The molecule has 0 aromatic rings. The normalized spacial score (nSPS) is 32.2. The molecule has 0 radical (unpaired) electrons. The van der Waals surface area contributed by atoms with Crippen LogP contribution in [0.15, 0.2) is 0 Å². The van der Waals surface area contributed by atoms with E-state index in [1.54, 1.807) is 0 Å². The Bertz CT molecular complexity index is 300. The summed E-state index contributed by atoms with van der Waals surface area (Å²) < 4.78 is 0. The topological polar surface area (TPSA) is 49.6 Å². The minimum Gasteiger partial charge on any atom is -0.338 e. The number of carbonyl (C=O) groups excluding carboxylic acids is 1. The average Bonchev–Trinajstić information content (AvgIpc) is 2.69. The van der Waals surface area contributed by atoms with Gasteiger partial charge in [-0.2, -0.15) is 0 Å². The third kappa shape index (κ3) is 3.48. The monoisotopic (exact) mass is 267 g/mol. The Morgan fingerprint density at radius 1 is 1.16 bits per heavy atom. The minimum atomic E-state index is -0.117. The highest BCUT2D eigenvalue weighted by Gasteiger charge is 2.35. The van der Waals surface area contributed by atoms with Crippen LogP contribution >= 0.6 is 0 Å². The highest BCUT2D eigenvalue weighted by Crippen LogP contribution is 2.25. The molecule has 0 aromatic carbocycles. The van der Waals surface area contributed by atoms with Gasteiger partial charge in [0, 0.05) is 25.7 Å². The molecule has 110 valence electrons. The number of nitrogens with two attached hydrogens (primary N) is 1. The van der Waals surface area contributed by atoms with Crippen molar-refractivity contribution in [1.29, 1.82) is 0 Å². The third-order valence-electron chi connectivity index (χ3n) is 4.70. The van der Waals surface area contributed by atoms with E-state index in [0.717, 1.165) is 13.1 Å². The van der Waals surface area contributed by atoms with Gasteiger partial charge < -0.3 is 10.6 Å². The summed E-state index contributed by atoms with van der Waals surface area (Å²) in [5, 5.41) is 0. The van der Waals surface area contributed by atoms with Gasteiger partial charge >= 0.3 is 0 Å². The minimum absolute atomic E-state index is 0.117. The number of likely N-dealkylation sites (N-methyl/N-ethyl adjacent to an activating group) is 1. The molecule has 2 atom stereocenters. The van der Waals surface area contributed by atoms with E-state index in [2.05, 4.69) is 16.7 Å². The molecule has 0 bridgehead atoms. The zero-order valence-corrected chi connectivity index (χ0v) is 12.5. The molecule has 1 saturated heterocycles. The van der Waals surface area contributed by atoms with E-state index in [0.29, 0.717) is 18.5 Å². The van der Waals surface area contributed by atoms with Crippen molar-refractivity contribution in [2.24, 2.45) is 11.7 Å². The number of rotatable bonds is 2. The van der Waals surface area contributed by atoms with Crippen LogP contribution in [0.1, 0.15) is 45.4 Å². The van der Waals surface area contributed by atoms with Crippen LogP contribution in [-0.4, -0.2) is 54.5 Å². The van der Waals surface area contributed by atoms with Gasteiger partial charge in [-0.05, 0) is 25.8 Å². The van der Waals surface area contributed by atoms with Gasteiger partial charge in [0.1, 0.15) is 6.04 Å². The molecule has 2 unspecified atom stereocenters. The lowest BCUT2D eigenvalue weighted by Gasteiger charge is -2.33. The SMILES string of the molecule is CC1CN(C)C(CN)C(=O)N(C2CCCCCC2)C1. The van der Waals surface area contributed by atoms with Gasteiger partial charge in [0.2, 0.25) is 5.91 Å². The standard InChI is InChI=1S/C15H29N3O/c1-12-10-17(2)14(9-16)15(19)18(11-12)13-7-5-3-4-6-8-13/h12-14H,3-11,16H2,1-2H3. The quantitative estimate of drug-likeness (QED) is 0.770. The molecule has 4 nitrogen and oxygen atoms in total. The number of hydrogen-bond acceptors (Lipinski definition) is 3. The lowest BCUT2D eigenvalue weighted by molar-refractivity contribution is -0.137. The zero-order valence-electron chi connectivity index (χ0n) is 12.5. The fourth-order valence-corrected chi connectivity index (χ4v) is 3.66. The van der Waals surface area contributed by atoms with E-state index in [-0.39, 0.29) is 11.9 Å². The second kappa shape index (κ2) is 6.71. The van der Waals surface area contributed by atoms with Gasteiger partial charge in [-0.3, -0.25) is 9.69 Å². The predicted octanol–water partition coefficient (Wildman–Crippen LogP) is 1.45. The molecule has 1 heterocycles. The van der Waals surface area contributed by atoms with Crippen LogP contribution in [0.25, 0.3) is 0 Å². The highest BCUT2D eigenvalue weighted by molar-refractivity contribution is 5.82. The highest BCUT2D eigenvalue weighted by atomic mass is 16.2. The summed E-state index contributed by atoms with van der Waals surface area (Å²) in [6.07, 6.45) is 7.56. The van der Waals surface area contributed by atoms with Crippen LogP contribution in [-0.2, 0) is 4.79 Å². The number of nitrogens with zero attached hydrogens (tertiary/aromatic N) is 2. The summed E-state index contributed by atoms with van der Waals surface area (Å²) in [7, 11) is 2.03. The van der Waals surface area contributed by atoms with Crippen molar-refractivity contribution in [2.75, 3.05) is 26.7 Å². The molecule has 2 rings (SSSR count). The molecule has 2 N–H and O–H groups in total. The molecule has 1 aliphatic heterocycles. The summed E-state index contributed by atoms with van der Waals surface area (Å²) >= 11 is 0. The molecule has 2 aliphatic rings. The van der Waals surface area contributed by atoms with E-state index in [1.165, 1.54) is 38.5 Å². The Morgan fingerprint density at radius 3 is 2.37 bits per heavy atom. The van der Waals surface area contributed by atoms with E-state index in [4.69, 9.17) is 5.73 Å². The van der Waals surface area contributed by atoms with Crippen LogP contribution < -0.4 is 5.73 Å². The van der Waals surface area contributed by atoms with Crippen molar-refractivity contribution in [3.05, 3.63) is 0 Å². The van der Waals surface area contributed by atoms with Crippen molar-refractivity contribution in [3.63, 3.8) is 0 Å². The smallest absolute Gasteiger partial charge is 0.241 e. The second-order valence-electron chi connectivity index (χ2n) is 6.43. The summed E-state index contributed by atoms with van der Waals surface area (Å²) in [5.41, 5.74) is 5.83. The lowest BCUT2D eigenvalue weighted by atomic mass is 10.0. The first-order valence-corrected chi connectivity index (χ1v) is 7.84. The molecule has 0 spiro atoms. The molecule has 1 saturated carbocycles. The van der Waals surface area contributed by atoms with Gasteiger partial charge in [0.05, 0.1) is 0 Å². The molecule has 0 aromatic heterocycles. The molecule has 4 heteroatoms. The van der Waals surface area contributed by atoms with Crippen molar-refractivity contribution >= 4 is 5.91 Å². The van der Waals surface area contributed by atoms with Crippen molar-refractivity contribution in [1.82, 2.24) is 9.80 Å². The van der Waals surface area contributed by atoms with Crippen LogP contribution in [0, 0.1) is 5.92 Å². The largest absolute Gasteiger partial charge is 0.338 e. The second-order valence-corrected chi connectivity index (χ2v) is 6.43. The zero-order chi connectivity index (χ0) is 13.8. The average molecular weight is 267 g/mol. The van der Waals surface area contributed by atoms with Gasteiger partial charge in [-0.25, -0.2) is 0 Å². The van der Waals surface area contributed by atoms with Crippen LogP contribution in [0.2, 0.25) is 0 Å². The van der Waals surface area contributed by atoms with Crippen molar-refractivity contribution in [2.45, 2.75) is 57.5 Å². The predicted molar refractivity (Wildman–Crippen MR) is 77.8 cm³/mol. The third-order valence-corrected chi connectivity index (χ3v) is 4.70. The van der Waals surface area contributed by atoms with Gasteiger partial charge in [-0.15, -0.1) is 0 Å². The number of carbonyl (C=O) groups is 1. The lowest BCUT2D eigenvalue weighted by Crippen LogP contribution is -2.51. The van der Waals surface area contributed by atoms with E-state index in [1.807, 2.05) is 7.05 Å². The van der Waals surface area contributed by atoms with E-state index < -0.39 is 0 Å². The van der Waals surface area contributed by atoms with Crippen molar-refractivity contribution in [3.8, 4) is 0 Å². The maximum Gasteiger partial charge on any atom is 0.241 e. The van der Waals surface area contributed by atoms with Gasteiger partial charge in [0.15, 0.2) is 0 Å². The Morgan fingerprint density at radius 2 is 1.79 bits per heavy atom. The summed E-state index contributed by atoms with van der Waals surface area (Å²) in [6.45, 7) is 4.55. The summed E-state index contributed by atoms with van der Waals surface area (Å²) in [6, 6.07) is 0.339. The van der Waals surface area contributed by atoms with E-state index >= 15 is 0 Å². The van der Waals surface area contributed by atoms with Crippen molar-refractivity contribution < 1.29 is 4.79 Å². The summed E-state index contributed by atoms with van der Waals surface area (Å²) in [5.74, 6) is 0.801. The Kier molecular flexibility index (Phi) is 5.22. The summed E-state index contributed by atoms with van der Waals surface area (Å²) in [4.78, 5) is 17.1. The first kappa shape index (κ1) is 14.8. The molecule has 1 aliphatic carbocycles. The fraction of sp³-hybridized carbons (Fsp3) is 0.933. The van der Waals surface area contributed by atoms with Gasteiger partial charge in [-0.1, -0.05) is 32.6 Å². The van der Waals surface area contributed by atoms with Crippen LogP contribution in [0.3, 0.4) is 0 Å². The molecular weight excluding hydrogens is 238 g/mol. The maximum atomic E-state index is 12.7. The molecular formula is C15H29N3O. The van der Waals surface area contributed by atoms with E-state index in [9.17, 15) is 4.79 Å². The van der Waals surface area contributed by atoms with Gasteiger partial charge in [0.25, 0.3) is 0 Å². The Labute approximate surface area is 117 Å². The first-order chi connectivity index (χ1) is 9.13. The first-order valence-electron chi connectivity index (χ1n) is 7.84. The maximum absolute atomic E-state index is 12.7.